The summed E-state index contributed by atoms with van der Waals surface area (Å²) in [6.45, 7) is -0.214. The summed E-state index contributed by atoms with van der Waals surface area (Å²) in [6.07, 6.45) is -4.57. The number of aromatic nitrogens is 1. The second-order valence-corrected chi connectivity index (χ2v) is 8.89. The van der Waals surface area contributed by atoms with Crippen molar-refractivity contribution in [2.24, 2.45) is 5.92 Å². The average molecular weight is 524 g/mol. The van der Waals surface area contributed by atoms with Gasteiger partial charge in [-0.25, -0.2) is 0 Å². The molecule has 0 spiro atoms. The average Bonchev–Trinajstić information content (AvgIpc) is 3.39. The highest BCUT2D eigenvalue weighted by Gasteiger charge is 2.62. The Bertz CT molecular complexity index is 1230. The second kappa shape index (κ2) is 7.98. The molecule has 0 radical (unpaired) electrons. The molecule has 1 fully saturated rings. The first-order valence-corrected chi connectivity index (χ1v) is 10.7. The van der Waals surface area contributed by atoms with Gasteiger partial charge in [0.05, 0.1) is 21.1 Å². The number of carbonyl (C=O) groups is 1. The van der Waals surface area contributed by atoms with E-state index in [0.717, 1.165) is 4.57 Å². The highest BCUT2D eigenvalue weighted by atomic mass is 79.9. The highest BCUT2D eigenvalue weighted by molar-refractivity contribution is 9.10. The molecule has 1 aliphatic carbocycles. The van der Waals surface area contributed by atoms with Crippen molar-refractivity contribution in [2.75, 3.05) is 0 Å². The topological polar surface area (TPSA) is 66.0 Å². The van der Waals surface area contributed by atoms with Crippen molar-refractivity contribution in [1.29, 1.82) is 5.26 Å². The predicted octanol–water partition coefficient (Wildman–Crippen LogP) is 6.50. The maximum Gasteiger partial charge on any atom is 0.432 e. The molecule has 2 atom stereocenters. The molecule has 4 nitrogen and oxygen atoms in total. The molecular weight excluding hydrogens is 509 g/mol. The van der Waals surface area contributed by atoms with Crippen molar-refractivity contribution in [3.63, 3.8) is 0 Å². The minimum absolute atomic E-state index is 0.0719. The van der Waals surface area contributed by atoms with Crippen LogP contribution in [0.3, 0.4) is 0 Å². The molecule has 1 aromatic heterocycles. The number of benzene rings is 2. The van der Waals surface area contributed by atoms with E-state index in [-0.39, 0.29) is 28.7 Å². The zero-order chi connectivity index (χ0) is 23.3. The van der Waals surface area contributed by atoms with E-state index in [9.17, 15) is 28.3 Å². The first kappa shape index (κ1) is 22.4. The van der Waals surface area contributed by atoms with Gasteiger partial charge in [-0.1, -0.05) is 54.1 Å². The summed E-state index contributed by atoms with van der Waals surface area (Å²) >= 11 is 8.90. The third kappa shape index (κ3) is 3.59. The van der Waals surface area contributed by atoms with Gasteiger partial charge >= 0.3 is 12.1 Å². The largest absolute Gasteiger partial charge is 0.481 e. The Morgan fingerprint density at radius 3 is 2.38 bits per heavy atom. The maximum atomic E-state index is 14.1. The third-order valence-electron chi connectivity index (χ3n) is 5.88. The summed E-state index contributed by atoms with van der Waals surface area (Å²) < 4.78 is 42.9. The standard InChI is InChI=1S/C23H15BrClF3N2O2/c24-18-17(11-29)19(13-6-8-16(25)9-7-13)30(20(18)23(26,27)28)12-15-10-22(15,21(31)32)14-4-2-1-3-5-14/h1-9,15H,10,12H2,(H,31,32). The number of carboxylic acids is 1. The lowest BCUT2D eigenvalue weighted by atomic mass is 9.93. The van der Waals surface area contributed by atoms with Gasteiger partial charge < -0.3 is 9.67 Å². The van der Waals surface area contributed by atoms with Crippen LogP contribution in [-0.4, -0.2) is 15.6 Å². The fourth-order valence-corrected chi connectivity index (χ4v) is 5.14. The lowest BCUT2D eigenvalue weighted by Gasteiger charge is -2.18. The van der Waals surface area contributed by atoms with E-state index < -0.39 is 29.2 Å². The van der Waals surface area contributed by atoms with Gasteiger partial charge in [-0.2, -0.15) is 18.4 Å². The van der Waals surface area contributed by atoms with Crippen LogP contribution < -0.4 is 0 Å². The van der Waals surface area contributed by atoms with Crippen molar-refractivity contribution < 1.29 is 23.1 Å². The number of alkyl halides is 3. The summed E-state index contributed by atoms with van der Waals surface area (Å²) in [5, 5.41) is 20.0. The Hall–Kier alpha value is -2.76. The number of nitriles is 1. The zero-order valence-corrected chi connectivity index (χ0v) is 18.7. The minimum Gasteiger partial charge on any atom is -0.481 e. The van der Waals surface area contributed by atoms with Crippen LogP contribution in [0.1, 0.15) is 23.2 Å². The van der Waals surface area contributed by atoms with Crippen molar-refractivity contribution >= 4 is 33.5 Å². The Morgan fingerprint density at radius 1 is 1.22 bits per heavy atom. The molecule has 0 saturated heterocycles. The fourth-order valence-electron chi connectivity index (χ4n) is 4.30. The molecule has 1 saturated carbocycles. The van der Waals surface area contributed by atoms with Gasteiger partial charge in [0.15, 0.2) is 0 Å². The molecule has 0 aliphatic heterocycles. The molecule has 0 amide bonds. The third-order valence-corrected chi connectivity index (χ3v) is 6.90. The van der Waals surface area contributed by atoms with Gasteiger partial charge in [0.2, 0.25) is 0 Å². The summed E-state index contributed by atoms with van der Waals surface area (Å²) in [7, 11) is 0. The monoisotopic (exact) mass is 522 g/mol. The maximum absolute atomic E-state index is 14.1. The molecule has 9 heteroatoms. The van der Waals surface area contributed by atoms with Crippen LogP contribution in [0.15, 0.2) is 59.1 Å². The van der Waals surface area contributed by atoms with Gasteiger partial charge in [-0.05, 0) is 51.5 Å². The number of carboxylic acid groups (broad SMARTS) is 1. The molecule has 1 N–H and O–H groups in total. The van der Waals surface area contributed by atoms with Crippen LogP contribution in [0.4, 0.5) is 13.2 Å². The van der Waals surface area contributed by atoms with Crippen LogP contribution in [0.25, 0.3) is 11.3 Å². The van der Waals surface area contributed by atoms with Crippen LogP contribution >= 0.6 is 27.5 Å². The molecule has 2 aromatic carbocycles. The molecular formula is C23H15BrClF3N2O2. The van der Waals surface area contributed by atoms with Gasteiger partial charge in [-0.3, -0.25) is 4.79 Å². The van der Waals surface area contributed by atoms with E-state index in [1.165, 1.54) is 24.3 Å². The van der Waals surface area contributed by atoms with Crippen molar-refractivity contribution in [3.05, 3.63) is 80.9 Å². The summed E-state index contributed by atoms with van der Waals surface area (Å²) in [4.78, 5) is 12.2. The number of rotatable bonds is 5. The van der Waals surface area contributed by atoms with E-state index in [1.807, 2.05) is 6.07 Å². The predicted molar refractivity (Wildman–Crippen MR) is 116 cm³/mol. The van der Waals surface area contributed by atoms with Crippen LogP contribution in [0, 0.1) is 17.2 Å². The molecule has 1 heterocycles. The summed E-state index contributed by atoms with van der Waals surface area (Å²) in [5.41, 5.74) is -1.46. The Morgan fingerprint density at radius 2 is 1.84 bits per heavy atom. The fraction of sp³-hybridized carbons (Fsp3) is 0.217. The lowest BCUT2D eigenvalue weighted by molar-refractivity contribution is -0.144. The number of hydrogen-bond donors (Lipinski definition) is 1. The normalized spacial score (nSPS) is 20.1. The number of aliphatic carboxylic acids is 1. The lowest BCUT2D eigenvalue weighted by Crippen LogP contribution is -2.25. The quantitative estimate of drug-likeness (QED) is 0.415. The highest BCUT2D eigenvalue weighted by Crippen LogP contribution is 2.56. The van der Waals surface area contributed by atoms with Crippen LogP contribution in [0.2, 0.25) is 5.02 Å². The van der Waals surface area contributed by atoms with E-state index >= 15 is 0 Å². The first-order valence-electron chi connectivity index (χ1n) is 9.55. The summed E-state index contributed by atoms with van der Waals surface area (Å²) in [5.74, 6) is -1.66. The van der Waals surface area contributed by atoms with Crippen molar-refractivity contribution in [2.45, 2.75) is 24.6 Å². The number of hydrogen-bond acceptors (Lipinski definition) is 2. The SMILES string of the molecule is N#Cc1c(Br)c(C(F)(F)F)n(CC2CC2(C(=O)O)c2ccccc2)c1-c1ccc(Cl)cc1. The Kier molecular flexibility index (Phi) is 5.60. The van der Waals surface area contributed by atoms with Crippen molar-refractivity contribution in [3.8, 4) is 17.3 Å². The first-order chi connectivity index (χ1) is 15.1. The Balaban J connectivity index is 1.88. The van der Waals surface area contributed by atoms with Crippen LogP contribution in [-0.2, 0) is 22.9 Å². The summed E-state index contributed by atoms with van der Waals surface area (Å²) in [6, 6.07) is 16.5. The molecule has 4 rings (SSSR count). The molecule has 1 aliphatic rings. The molecule has 0 bridgehead atoms. The second-order valence-electron chi connectivity index (χ2n) is 7.66. The molecule has 2 unspecified atom stereocenters. The van der Waals surface area contributed by atoms with E-state index in [1.54, 1.807) is 30.3 Å². The zero-order valence-electron chi connectivity index (χ0n) is 16.3. The minimum atomic E-state index is -4.76. The van der Waals surface area contributed by atoms with Crippen molar-refractivity contribution in [1.82, 2.24) is 4.57 Å². The van der Waals surface area contributed by atoms with E-state index in [0.29, 0.717) is 16.1 Å². The van der Waals surface area contributed by atoms with Gasteiger partial charge in [-0.15, -0.1) is 0 Å². The van der Waals surface area contributed by atoms with E-state index in [4.69, 9.17) is 11.6 Å². The Labute approximate surface area is 195 Å². The van der Waals surface area contributed by atoms with Gasteiger partial charge in [0, 0.05) is 11.6 Å². The van der Waals surface area contributed by atoms with Gasteiger partial charge in [0.1, 0.15) is 11.8 Å². The number of nitrogens with zero attached hydrogens (tertiary/aromatic N) is 2. The van der Waals surface area contributed by atoms with Gasteiger partial charge in [0.25, 0.3) is 0 Å². The van der Waals surface area contributed by atoms with Crippen LogP contribution in [0.5, 0.6) is 0 Å². The molecule has 32 heavy (non-hydrogen) atoms. The molecule has 164 valence electrons. The molecule has 3 aromatic rings. The number of halogens is 5. The van der Waals surface area contributed by atoms with E-state index in [2.05, 4.69) is 15.9 Å². The smallest absolute Gasteiger partial charge is 0.432 e.